The zero-order valence-corrected chi connectivity index (χ0v) is 16.1. The van der Waals surface area contributed by atoms with E-state index in [0.717, 1.165) is 5.56 Å². The number of carbonyl (C=O) groups is 1. The SMILES string of the molecule is CCc1ccccc1NC(=O)c1c(O)c2cccnc2n(-c2ccc(F)cc2)c1=O. The number of carbonyl (C=O) groups excluding carboxylic acids is 1. The number of aryl methyl sites for hydroxylation is 1. The van der Waals surface area contributed by atoms with Gasteiger partial charge in [-0.1, -0.05) is 25.1 Å². The maximum Gasteiger partial charge on any atom is 0.273 e. The average molecular weight is 403 g/mol. The first-order chi connectivity index (χ1) is 14.5. The third-order valence-corrected chi connectivity index (χ3v) is 4.87. The first-order valence-corrected chi connectivity index (χ1v) is 9.39. The van der Waals surface area contributed by atoms with E-state index in [1.165, 1.54) is 35.0 Å². The van der Waals surface area contributed by atoms with E-state index < -0.39 is 28.6 Å². The minimum atomic E-state index is -0.753. The third kappa shape index (κ3) is 3.30. The van der Waals surface area contributed by atoms with Crippen LogP contribution in [0.5, 0.6) is 5.75 Å². The van der Waals surface area contributed by atoms with Gasteiger partial charge < -0.3 is 10.4 Å². The predicted octanol–water partition coefficient (Wildman–Crippen LogP) is 4.05. The van der Waals surface area contributed by atoms with Crippen LogP contribution in [0.4, 0.5) is 10.1 Å². The Balaban J connectivity index is 1.93. The second-order valence-corrected chi connectivity index (χ2v) is 6.68. The number of aromatic nitrogens is 2. The molecular formula is C23H18FN3O3. The fourth-order valence-corrected chi connectivity index (χ4v) is 3.37. The van der Waals surface area contributed by atoms with Gasteiger partial charge in [0.25, 0.3) is 11.5 Å². The number of nitrogens with zero attached hydrogens (tertiary/aromatic N) is 2. The highest BCUT2D eigenvalue weighted by atomic mass is 19.1. The number of anilines is 1. The summed E-state index contributed by atoms with van der Waals surface area (Å²) in [5, 5.41) is 13.7. The maximum absolute atomic E-state index is 13.4. The molecular weight excluding hydrogens is 385 g/mol. The van der Waals surface area contributed by atoms with Crippen molar-refractivity contribution in [3.63, 3.8) is 0 Å². The van der Waals surface area contributed by atoms with Gasteiger partial charge in [-0.25, -0.2) is 9.37 Å². The Bertz CT molecular complexity index is 1310. The topological polar surface area (TPSA) is 84.2 Å². The summed E-state index contributed by atoms with van der Waals surface area (Å²) in [7, 11) is 0. The minimum absolute atomic E-state index is 0.164. The Kier molecular flexibility index (Phi) is 5.02. The molecule has 1 amide bonds. The zero-order chi connectivity index (χ0) is 21.3. The molecule has 2 aromatic heterocycles. The van der Waals surface area contributed by atoms with Crippen molar-refractivity contribution in [3.05, 3.63) is 94.2 Å². The number of aromatic hydroxyl groups is 1. The Hall–Kier alpha value is -4.00. The Morgan fingerprint density at radius 1 is 1.10 bits per heavy atom. The first kappa shape index (κ1) is 19.3. The average Bonchev–Trinajstić information content (AvgIpc) is 2.75. The van der Waals surface area contributed by atoms with E-state index in [2.05, 4.69) is 10.3 Å². The van der Waals surface area contributed by atoms with Crippen molar-refractivity contribution in [1.29, 1.82) is 0 Å². The van der Waals surface area contributed by atoms with Gasteiger partial charge >= 0.3 is 0 Å². The van der Waals surface area contributed by atoms with Crippen molar-refractivity contribution < 1.29 is 14.3 Å². The highest BCUT2D eigenvalue weighted by Crippen LogP contribution is 2.28. The van der Waals surface area contributed by atoms with E-state index in [1.54, 1.807) is 24.3 Å². The van der Waals surface area contributed by atoms with Crippen LogP contribution in [0, 0.1) is 5.82 Å². The third-order valence-electron chi connectivity index (χ3n) is 4.87. The summed E-state index contributed by atoms with van der Waals surface area (Å²) < 4.78 is 14.6. The zero-order valence-electron chi connectivity index (χ0n) is 16.1. The fraction of sp³-hybridized carbons (Fsp3) is 0.0870. The van der Waals surface area contributed by atoms with Crippen molar-refractivity contribution in [2.75, 3.05) is 5.32 Å². The lowest BCUT2D eigenvalue weighted by molar-refractivity contribution is 0.102. The van der Waals surface area contributed by atoms with E-state index in [1.807, 2.05) is 19.1 Å². The summed E-state index contributed by atoms with van der Waals surface area (Å²) in [6, 6.07) is 15.6. The largest absolute Gasteiger partial charge is 0.506 e. The number of rotatable bonds is 4. The van der Waals surface area contributed by atoms with Crippen molar-refractivity contribution in [1.82, 2.24) is 9.55 Å². The Morgan fingerprint density at radius 2 is 1.83 bits per heavy atom. The van der Waals surface area contributed by atoms with E-state index in [4.69, 9.17) is 0 Å². The summed E-state index contributed by atoms with van der Waals surface area (Å²) in [6.45, 7) is 1.95. The maximum atomic E-state index is 13.4. The van der Waals surface area contributed by atoms with Crippen molar-refractivity contribution >= 4 is 22.6 Å². The molecule has 0 atom stereocenters. The molecule has 6 nitrogen and oxygen atoms in total. The van der Waals surface area contributed by atoms with Crippen LogP contribution in [0.25, 0.3) is 16.7 Å². The quantitative estimate of drug-likeness (QED) is 0.539. The van der Waals surface area contributed by atoms with E-state index >= 15 is 0 Å². The van der Waals surface area contributed by atoms with Crippen LogP contribution < -0.4 is 10.9 Å². The molecule has 0 fully saturated rings. The molecule has 2 aromatic carbocycles. The number of benzene rings is 2. The van der Waals surface area contributed by atoms with Crippen LogP contribution in [0.3, 0.4) is 0 Å². The van der Waals surface area contributed by atoms with Crippen molar-refractivity contribution in [2.24, 2.45) is 0 Å². The highest BCUT2D eigenvalue weighted by molar-refractivity contribution is 6.09. The summed E-state index contributed by atoms with van der Waals surface area (Å²) in [6.07, 6.45) is 2.16. The smallest absolute Gasteiger partial charge is 0.273 e. The van der Waals surface area contributed by atoms with Crippen LogP contribution in [-0.4, -0.2) is 20.6 Å². The second kappa shape index (κ2) is 7.79. The van der Waals surface area contributed by atoms with Gasteiger partial charge in [-0.3, -0.25) is 14.2 Å². The van der Waals surface area contributed by atoms with Crippen LogP contribution in [0.1, 0.15) is 22.8 Å². The number of fused-ring (bicyclic) bond motifs is 1. The van der Waals surface area contributed by atoms with E-state index in [0.29, 0.717) is 17.8 Å². The number of pyridine rings is 2. The number of para-hydroxylation sites is 1. The Morgan fingerprint density at radius 3 is 2.57 bits per heavy atom. The van der Waals surface area contributed by atoms with Crippen LogP contribution in [0.2, 0.25) is 0 Å². The molecule has 2 heterocycles. The number of nitrogens with one attached hydrogen (secondary N) is 1. The number of halogens is 1. The minimum Gasteiger partial charge on any atom is -0.506 e. The van der Waals surface area contributed by atoms with Gasteiger partial charge in [0.05, 0.1) is 11.1 Å². The van der Waals surface area contributed by atoms with E-state index in [9.17, 15) is 19.1 Å². The lowest BCUT2D eigenvalue weighted by Gasteiger charge is -2.15. The van der Waals surface area contributed by atoms with Gasteiger partial charge in [0.2, 0.25) is 0 Å². The fourth-order valence-electron chi connectivity index (χ4n) is 3.37. The highest BCUT2D eigenvalue weighted by Gasteiger charge is 2.24. The molecule has 0 unspecified atom stereocenters. The molecule has 30 heavy (non-hydrogen) atoms. The van der Waals surface area contributed by atoms with Gasteiger partial charge in [-0.05, 0) is 54.4 Å². The standard InChI is InChI=1S/C23H18FN3O3/c1-2-14-6-3-4-8-18(14)26-22(29)19-20(28)17-7-5-13-25-21(17)27(23(19)30)16-11-9-15(24)10-12-16/h3-13,28H,2H2,1H3,(H,26,29). The summed E-state index contributed by atoms with van der Waals surface area (Å²) in [5.74, 6) is -1.65. The molecule has 0 aliphatic heterocycles. The van der Waals surface area contributed by atoms with Gasteiger partial charge in [0.1, 0.15) is 17.1 Å². The predicted molar refractivity (Wildman–Crippen MR) is 113 cm³/mol. The van der Waals surface area contributed by atoms with Gasteiger partial charge in [-0.2, -0.15) is 0 Å². The van der Waals surface area contributed by atoms with Gasteiger partial charge in [-0.15, -0.1) is 0 Å². The molecule has 0 aliphatic rings. The molecule has 0 saturated carbocycles. The molecule has 7 heteroatoms. The number of hydrogen-bond donors (Lipinski definition) is 2. The van der Waals surface area contributed by atoms with Crippen LogP contribution in [0.15, 0.2) is 71.7 Å². The van der Waals surface area contributed by atoms with Crippen LogP contribution >= 0.6 is 0 Å². The van der Waals surface area contributed by atoms with Gasteiger partial charge in [0, 0.05) is 11.9 Å². The summed E-state index contributed by atoms with van der Waals surface area (Å²) >= 11 is 0. The normalized spacial score (nSPS) is 10.9. The lowest BCUT2D eigenvalue weighted by atomic mass is 10.1. The lowest BCUT2D eigenvalue weighted by Crippen LogP contribution is -2.29. The van der Waals surface area contributed by atoms with Crippen molar-refractivity contribution in [3.8, 4) is 11.4 Å². The molecule has 4 rings (SSSR count). The molecule has 0 aliphatic carbocycles. The number of amides is 1. The van der Waals surface area contributed by atoms with Gasteiger partial charge in [0.15, 0.2) is 5.65 Å². The monoisotopic (exact) mass is 403 g/mol. The summed E-state index contributed by atoms with van der Waals surface area (Å²) in [5.41, 5.74) is 0.780. The molecule has 150 valence electrons. The molecule has 0 saturated heterocycles. The Labute approximate surface area is 171 Å². The molecule has 0 spiro atoms. The molecule has 2 N–H and O–H groups in total. The second-order valence-electron chi connectivity index (χ2n) is 6.68. The molecule has 0 bridgehead atoms. The summed E-state index contributed by atoms with van der Waals surface area (Å²) in [4.78, 5) is 30.5. The molecule has 4 aromatic rings. The van der Waals surface area contributed by atoms with Crippen LogP contribution in [-0.2, 0) is 6.42 Å². The number of hydrogen-bond acceptors (Lipinski definition) is 4. The van der Waals surface area contributed by atoms with Crippen molar-refractivity contribution in [2.45, 2.75) is 13.3 Å². The first-order valence-electron chi connectivity index (χ1n) is 9.39. The van der Waals surface area contributed by atoms with E-state index in [-0.39, 0.29) is 11.0 Å². The molecule has 0 radical (unpaired) electrons.